The Morgan fingerprint density at radius 1 is 1.19 bits per heavy atom. The highest BCUT2D eigenvalue weighted by molar-refractivity contribution is 7.09. The molecular weight excluding hydrogens is 301 g/mol. The van der Waals surface area contributed by atoms with Gasteiger partial charge < -0.3 is 10.6 Å². The molecule has 21 heavy (non-hydrogen) atoms. The van der Waals surface area contributed by atoms with Gasteiger partial charge in [-0.3, -0.25) is 0 Å². The Morgan fingerprint density at radius 3 is 2.67 bits per heavy atom. The molecule has 2 aromatic rings. The molecule has 0 fully saturated rings. The van der Waals surface area contributed by atoms with Crippen LogP contribution in [0, 0.1) is 0 Å². The van der Waals surface area contributed by atoms with Crippen LogP contribution in [0.2, 0.25) is 0 Å². The molecule has 1 aromatic heterocycles. The number of carbonyl (C=O) groups excluding carboxylic acids is 1. The molecule has 2 amide bonds. The largest absolute Gasteiger partial charge is 0.416 e. The average molecular weight is 314 g/mol. The zero-order valence-corrected chi connectivity index (χ0v) is 11.7. The summed E-state index contributed by atoms with van der Waals surface area (Å²) in [5, 5.41) is 6.93. The van der Waals surface area contributed by atoms with Gasteiger partial charge in [0.25, 0.3) is 0 Å². The van der Waals surface area contributed by atoms with Crippen LogP contribution in [-0.2, 0) is 12.6 Å². The number of alkyl halides is 3. The van der Waals surface area contributed by atoms with Crippen LogP contribution >= 0.6 is 11.3 Å². The van der Waals surface area contributed by atoms with E-state index in [0.29, 0.717) is 13.0 Å². The lowest BCUT2D eigenvalue weighted by Gasteiger charge is -2.10. The van der Waals surface area contributed by atoms with Gasteiger partial charge in [0.1, 0.15) is 0 Å². The predicted octanol–water partition coefficient (Wildman–Crippen LogP) is 4.13. The quantitative estimate of drug-likeness (QED) is 0.875. The highest BCUT2D eigenvalue weighted by atomic mass is 32.1. The second-order valence-corrected chi connectivity index (χ2v) is 5.32. The molecular formula is C14H13F3N2OS. The number of hydrogen-bond donors (Lipinski definition) is 2. The van der Waals surface area contributed by atoms with E-state index in [2.05, 4.69) is 10.6 Å². The van der Waals surface area contributed by atoms with Crippen LogP contribution < -0.4 is 10.6 Å². The van der Waals surface area contributed by atoms with Crippen molar-refractivity contribution in [3.63, 3.8) is 0 Å². The van der Waals surface area contributed by atoms with Crippen molar-refractivity contribution >= 4 is 23.1 Å². The minimum Gasteiger partial charge on any atom is -0.338 e. The summed E-state index contributed by atoms with van der Waals surface area (Å²) >= 11 is 1.59. The second kappa shape index (κ2) is 6.62. The smallest absolute Gasteiger partial charge is 0.338 e. The fraction of sp³-hybridized carbons (Fsp3) is 0.214. The second-order valence-electron chi connectivity index (χ2n) is 4.29. The molecule has 0 saturated carbocycles. The van der Waals surface area contributed by atoms with Crippen LogP contribution in [0.25, 0.3) is 0 Å². The summed E-state index contributed by atoms with van der Waals surface area (Å²) in [6.45, 7) is 0.422. The molecule has 0 spiro atoms. The topological polar surface area (TPSA) is 41.1 Å². The Bertz CT molecular complexity index is 597. The van der Waals surface area contributed by atoms with Crippen molar-refractivity contribution < 1.29 is 18.0 Å². The zero-order valence-electron chi connectivity index (χ0n) is 10.9. The van der Waals surface area contributed by atoms with Gasteiger partial charge in [-0.05, 0) is 36.1 Å². The first-order valence-corrected chi connectivity index (χ1v) is 7.07. The number of carbonyl (C=O) groups is 1. The Morgan fingerprint density at radius 2 is 2.00 bits per heavy atom. The Kier molecular flexibility index (Phi) is 4.85. The molecule has 1 aromatic carbocycles. The molecule has 7 heteroatoms. The molecule has 0 bridgehead atoms. The predicted molar refractivity (Wildman–Crippen MR) is 76.5 cm³/mol. The molecule has 0 atom stereocenters. The third-order valence-electron chi connectivity index (χ3n) is 2.68. The molecule has 3 nitrogen and oxygen atoms in total. The highest BCUT2D eigenvalue weighted by Crippen LogP contribution is 2.30. The normalized spacial score (nSPS) is 11.2. The number of urea groups is 1. The molecule has 1 heterocycles. The van der Waals surface area contributed by atoms with Gasteiger partial charge in [-0.15, -0.1) is 11.3 Å². The number of benzene rings is 1. The van der Waals surface area contributed by atoms with E-state index < -0.39 is 17.8 Å². The van der Waals surface area contributed by atoms with Gasteiger partial charge in [0.15, 0.2) is 0 Å². The summed E-state index contributed by atoms with van der Waals surface area (Å²) in [5.74, 6) is 0. The van der Waals surface area contributed by atoms with Crippen LogP contribution in [0.15, 0.2) is 41.8 Å². The zero-order chi connectivity index (χ0) is 15.3. The van der Waals surface area contributed by atoms with E-state index in [9.17, 15) is 18.0 Å². The van der Waals surface area contributed by atoms with E-state index in [4.69, 9.17) is 0 Å². The maximum absolute atomic E-state index is 12.5. The number of halogens is 3. The minimum atomic E-state index is -4.42. The van der Waals surface area contributed by atoms with Crippen LogP contribution in [-0.4, -0.2) is 12.6 Å². The van der Waals surface area contributed by atoms with E-state index in [1.165, 1.54) is 12.1 Å². The van der Waals surface area contributed by atoms with Crippen molar-refractivity contribution in [2.45, 2.75) is 12.6 Å². The number of hydrogen-bond acceptors (Lipinski definition) is 2. The van der Waals surface area contributed by atoms with Crippen LogP contribution in [0.4, 0.5) is 23.7 Å². The van der Waals surface area contributed by atoms with Crippen molar-refractivity contribution in [2.24, 2.45) is 0 Å². The number of nitrogens with one attached hydrogen (secondary N) is 2. The highest BCUT2D eigenvalue weighted by Gasteiger charge is 2.30. The van der Waals surface area contributed by atoms with E-state index in [0.717, 1.165) is 17.0 Å². The van der Waals surface area contributed by atoms with Crippen LogP contribution in [0.5, 0.6) is 0 Å². The van der Waals surface area contributed by atoms with Crippen molar-refractivity contribution in [1.29, 1.82) is 0 Å². The van der Waals surface area contributed by atoms with Crippen molar-refractivity contribution in [3.05, 3.63) is 52.2 Å². The molecule has 0 aliphatic carbocycles. The SMILES string of the molecule is O=C(NCCc1cccs1)Nc1cccc(C(F)(F)F)c1. The molecule has 0 radical (unpaired) electrons. The maximum atomic E-state index is 12.5. The van der Waals surface area contributed by atoms with E-state index in [-0.39, 0.29) is 5.69 Å². The van der Waals surface area contributed by atoms with Crippen molar-refractivity contribution in [3.8, 4) is 0 Å². The lowest BCUT2D eigenvalue weighted by atomic mass is 10.2. The Labute approximate surface area is 123 Å². The molecule has 2 N–H and O–H groups in total. The van der Waals surface area contributed by atoms with Gasteiger partial charge in [-0.1, -0.05) is 12.1 Å². The molecule has 0 saturated heterocycles. The Balaban J connectivity index is 1.85. The fourth-order valence-corrected chi connectivity index (χ4v) is 2.41. The first-order valence-electron chi connectivity index (χ1n) is 6.19. The standard InChI is InChI=1S/C14H13F3N2OS/c15-14(16,17)10-3-1-4-11(9-10)19-13(20)18-7-6-12-5-2-8-21-12/h1-5,8-9H,6-7H2,(H2,18,19,20). The third kappa shape index (κ3) is 4.78. The lowest BCUT2D eigenvalue weighted by molar-refractivity contribution is -0.137. The van der Waals surface area contributed by atoms with Gasteiger partial charge in [0, 0.05) is 17.1 Å². The summed E-state index contributed by atoms with van der Waals surface area (Å²) < 4.78 is 37.6. The number of thiophene rings is 1. The molecule has 0 aliphatic rings. The monoisotopic (exact) mass is 314 g/mol. The first kappa shape index (κ1) is 15.4. The van der Waals surface area contributed by atoms with Crippen molar-refractivity contribution in [2.75, 3.05) is 11.9 Å². The summed E-state index contributed by atoms with van der Waals surface area (Å²) in [4.78, 5) is 12.7. The number of amides is 2. The average Bonchev–Trinajstić information content (AvgIpc) is 2.91. The first-order chi connectivity index (χ1) is 9.95. The summed E-state index contributed by atoms with van der Waals surface area (Å²) in [5.41, 5.74) is -0.683. The van der Waals surface area contributed by atoms with E-state index in [1.54, 1.807) is 11.3 Å². The summed E-state index contributed by atoms with van der Waals surface area (Å²) in [6.07, 6.45) is -3.74. The van der Waals surface area contributed by atoms with Gasteiger partial charge in [-0.2, -0.15) is 13.2 Å². The van der Waals surface area contributed by atoms with Gasteiger partial charge in [-0.25, -0.2) is 4.79 Å². The van der Waals surface area contributed by atoms with Gasteiger partial charge in [0.05, 0.1) is 5.56 Å². The van der Waals surface area contributed by atoms with Crippen molar-refractivity contribution in [1.82, 2.24) is 5.32 Å². The van der Waals surface area contributed by atoms with Gasteiger partial charge >= 0.3 is 12.2 Å². The van der Waals surface area contributed by atoms with Gasteiger partial charge in [0.2, 0.25) is 0 Å². The molecule has 0 aliphatic heterocycles. The molecule has 112 valence electrons. The van der Waals surface area contributed by atoms with Crippen LogP contribution in [0.3, 0.4) is 0 Å². The minimum absolute atomic E-state index is 0.110. The summed E-state index contributed by atoms with van der Waals surface area (Å²) in [7, 11) is 0. The fourth-order valence-electron chi connectivity index (χ4n) is 1.70. The number of anilines is 1. The molecule has 2 rings (SSSR count). The molecule has 0 unspecified atom stereocenters. The Hall–Kier alpha value is -2.02. The van der Waals surface area contributed by atoms with Crippen LogP contribution in [0.1, 0.15) is 10.4 Å². The third-order valence-corrected chi connectivity index (χ3v) is 3.62. The number of rotatable bonds is 4. The lowest BCUT2D eigenvalue weighted by Crippen LogP contribution is -2.30. The van der Waals surface area contributed by atoms with E-state index >= 15 is 0 Å². The maximum Gasteiger partial charge on any atom is 0.416 e. The summed E-state index contributed by atoms with van der Waals surface area (Å²) in [6, 6.07) is 7.88. The van der Waals surface area contributed by atoms with E-state index in [1.807, 2.05) is 17.5 Å².